The minimum absolute atomic E-state index is 0.0817. The highest BCUT2D eigenvalue weighted by Crippen LogP contribution is 2.29. The molecule has 4 nitrogen and oxygen atoms in total. The van der Waals surface area contributed by atoms with Crippen molar-refractivity contribution in [3.05, 3.63) is 85.1 Å². The van der Waals surface area contributed by atoms with Crippen molar-refractivity contribution in [3.63, 3.8) is 0 Å². The Kier molecular flexibility index (Phi) is 3.77. The number of para-hydroxylation sites is 1. The standard InChI is InChI=1S/C23H19N3O/c27-15-14-25-21-9-5-4-8-20(21)23-24-16-22(26(23)25)19-12-10-18(11-13-19)17-6-2-1-3-7-17/h1-13,16,27H,14-15H2. The van der Waals surface area contributed by atoms with Gasteiger partial charge in [0.05, 0.1) is 30.6 Å². The molecule has 0 amide bonds. The number of hydrogen-bond donors (Lipinski definition) is 1. The van der Waals surface area contributed by atoms with Gasteiger partial charge in [0.15, 0.2) is 5.65 Å². The van der Waals surface area contributed by atoms with Gasteiger partial charge in [0.1, 0.15) is 0 Å². The molecule has 5 rings (SSSR count). The minimum atomic E-state index is 0.0817. The van der Waals surface area contributed by atoms with Crippen molar-refractivity contribution >= 4 is 16.6 Å². The normalized spacial score (nSPS) is 11.4. The van der Waals surface area contributed by atoms with Crippen LogP contribution in [0.25, 0.3) is 38.9 Å². The Morgan fingerprint density at radius 1 is 0.741 bits per heavy atom. The van der Waals surface area contributed by atoms with E-state index in [0.717, 1.165) is 27.8 Å². The molecule has 3 aromatic carbocycles. The van der Waals surface area contributed by atoms with Gasteiger partial charge in [-0.1, -0.05) is 66.7 Å². The SMILES string of the molecule is OCCn1c2ccccc2c2ncc(-c3ccc(-c4ccccc4)cc3)n21. The van der Waals surface area contributed by atoms with Gasteiger partial charge in [-0.25, -0.2) is 9.50 Å². The highest BCUT2D eigenvalue weighted by Gasteiger charge is 2.15. The van der Waals surface area contributed by atoms with Gasteiger partial charge in [-0.15, -0.1) is 0 Å². The summed E-state index contributed by atoms with van der Waals surface area (Å²) in [6.07, 6.45) is 1.91. The van der Waals surface area contributed by atoms with Gasteiger partial charge in [0, 0.05) is 10.9 Å². The number of aliphatic hydroxyl groups excluding tert-OH is 1. The summed E-state index contributed by atoms with van der Waals surface area (Å²) in [7, 11) is 0. The molecular weight excluding hydrogens is 334 g/mol. The average Bonchev–Trinajstić information content (AvgIpc) is 3.29. The van der Waals surface area contributed by atoms with Crippen molar-refractivity contribution < 1.29 is 5.11 Å². The van der Waals surface area contributed by atoms with E-state index in [1.165, 1.54) is 11.1 Å². The summed E-state index contributed by atoms with van der Waals surface area (Å²) in [6, 6.07) is 27.1. The summed E-state index contributed by atoms with van der Waals surface area (Å²) in [5, 5.41) is 10.7. The first kappa shape index (κ1) is 15.9. The number of rotatable bonds is 4. The number of aromatic nitrogens is 3. The second kappa shape index (κ2) is 6.41. The third-order valence-electron chi connectivity index (χ3n) is 5.00. The first-order chi connectivity index (χ1) is 13.4. The molecule has 0 aliphatic carbocycles. The molecule has 0 aliphatic heterocycles. The number of fused-ring (bicyclic) bond motifs is 3. The monoisotopic (exact) mass is 353 g/mol. The van der Waals surface area contributed by atoms with Crippen molar-refractivity contribution in [3.8, 4) is 22.4 Å². The van der Waals surface area contributed by atoms with E-state index in [1.54, 1.807) is 0 Å². The Hall–Kier alpha value is -3.37. The third kappa shape index (κ3) is 2.54. The highest BCUT2D eigenvalue weighted by atomic mass is 16.3. The predicted molar refractivity (Wildman–Crippen MR) is 109 cm³/mol. The lowest BCUT2D eigenvalue weighted by atomic mass is 10.0. The van der Waals surface area contributed by atoms with Crippen molar-refractivity contribution in [1.29, 1.82) is 0 Å². The Bertz CT molecular complexity index is 1220. The van der Waals surface area contributed by atoms with Crippen LogP contribution in [0.5, 0.6) is 0 Å². The summed E-state index contributed by atoms with van der Waals surface area (Å²) < 4.78 is 4.20. The van der Waals surface area contributed by atoms with E-state index in [4.69, 9.17) is 0 Å². The van der Waals surface area contributed by atoms with Gasteiger partial charge in [-0.2, -0.15) is 0 Å². The molecule has 5 aromatic rings. The van der Waals surface area contributed by atoms with Crippen LogP contribution in [0.1, 0.15) is 0 Å². The fourth-order valence-electron chi connectivity index (χ4n) is 3.75. The summed E-state index contributed by atoms with van der Waals surface area (Å²) in [5.74, 6) is 0. The van der Waals surface area contributed by atoms with Crippen LogP contribution in [0.15, 0.2) is 85.1 Å². The average molecular weight is 353 g/mol. The third-order valence-corrected chi connectivity index (χ3v) is 5.00. The second-order valence-corrected chi connectivity index (χ2v) is 6.59. The molecular formula is C23H19N3O. The molecule has 4 heteroatoms. The number of imidazole rings is 1. The fraction of sp³-hybridized carbons (Fsp3) is 0.0870. The molecule has 1 N–H and O–H groups in total. The molecule has 0 unspecified atom stereocenters. The van der Waals surface area contributed by atoms with E-state index in [2.05, 4.69) is 74.8 Å². The number of aliphatic hydroxyl groups is 1. The number of benzene rings is 3. The van der Waals surface area contributed by atoms with E-state index < -0.39 is 0 Å². The Morgan fingerprint density at radius 2 is 1.41 bits per heavy atom. The lowest BCUT2D eigenvalue weighted by Gasteiger charge is -2.09. The van der Waals surface area contributed by atoms with Crippen LogP contribution in [-0.2, 0) is 6.54 Å². The van der Waals surface area contributed by atoms with Gasteiger partial charge in [0.2, 0.25) is 0 Å². The van der Waals surface area contributed by atoms with Crippen LogP contribution in [0, 0.1) is 0 Å². The zero-order chi connectivity index (χ0) is 18.2. The maximum absolute atomic E-state index is 9.56. The quantitative estimate of drug-likeness (QED) is 0.512. The second-order valence-electron chi connectivity index (χ2n) is 6.59. The van der Waals surface area contributed by atoms with Gasteiger partial charge >= 0.3 is 0 Å². The Morgan fingerprint density at radius 3 is 2.19 bits per heavy atom. The molecule has 0 fully saturated rings. The largest absolute Gasteiger partial charge is 0.394 e. The lowest BCUT2D eigenvalue weighted by Crippen LogP contribution is -2.09. The molecule has 2 heterocycles. The first-order valence-electron chi connectivity index (χ1n) is 9.08. The van der Waals surface area contributed by atoms with Crippen molar-refractivity contribution in [2.24, 2.45) is 0 Å². The van der Waals surface area contributed by atoms with Gasteiger partial charge < -0.3 is 5.11 Å². The lowest BCUT2D eigenvalue weighted by molar-refractivity contribution is 0.269. The molecule has 0 saturated carbocycles. The first-order valence-corrected chi connectivity index (χ1v) is 9.08. The summed E-state index contributed by atoms with van der Waals surface area (Å²) in [6.45, 7) is 0.605. The zero-order valence-corrected chi connectivity index (χ0v) is 14.8. The summed E-state index contributed by atoms with van der Waals surface area (Å²) >= 11 is 0. The molecule has 0 atom stereocenters. The van der Waals surface area contributed by atoms with E-state index in [1.807, 2.05) is 24.4 Å². The highest BCUT2D eigenvalue weighted by molar-refractivity contribution is 5.94. The molecule has 132 valence electrons. The van der Waals surface area contributed by atoms with E-state index in [0.29, 0.717) is 6.54 Å². The molecule has 0 aliphatic rings. The van der Waals surface area contributed by atoms with E-state index in [9.17, 15) is 5.11 Å². The topological polar surface area (TPSA) is 42.5 Å². The van der Waals surface area contributed by atoms with Crippen LogP contribution in [0.3, 0.4) is 0 Å². The zero-order valence-electron chi connectivity index (χ0n) is 14.8. The van der Waals surface area contributed by atoms with Crippen LogP contribution in [0.4, 0.5) is 0 Å². The van der Waals surface area contributed by atoms with Gasteiger partial charge in [-0.3, -0.25) is 4.68 Å². The van der Waals surface area contributed by atoms with Crippen LogP contribution in [0.2, 0.25) is 0 Å². The van der Waals surface area contributed by atoms with Crippen molar-refractivity contribution in [1.82, 2.24) is 14.2 Å². The van der Waals surface area contributed by atoms with Gasteiger partial charge in [-0.05, 0) is 23.3 Å². The van der Waals surface area contributed by atoms with Crippen molar-refractivity contribution in [2.75, 3.05) is 6.61 Å². The molecule has 0 saturated heterocycles. The van der Waals surface area contributed by atoms with Gasteiger partial charge in [0.25, 0.3) is 0 Å². The fourth-order valence-corrected chi connectivity index (χ4v) is 3.75. The molecule has 0 radical (unpaired) electrons. The van der Waals surface area contributed by atoms with Crippen LogP contribution >= 0.6 is 0 Å². The molecule has 0 spiro atoms. The summed E-state index contributed by atoms with van der Waals surface area (Å²) in [4.78, 5) is 4.67. The summed E-state index contributed by atoms with van der Waals surface area (Å²) in [5.41, 5.74) is 6.52. The predicted octanol–water partition coefficient (Wildman–Crippen LogP) is 4.62. The Labute approximate surface area is 156 Å². The van der Waals surface area contributed by atoms with E-state index >= 15 is 0 Å². The number of hydrogen-bond acceptors (Lipinski definition) is 2. The van der Waals surface area contributed by atoms with Crippen LogP contribution in [-0.4, -0.2) is 25.9 Å². The van der Waals surface area contributed by atoms with E-state index in [-0.39, 0.29) is 6.61 Å². The maximum Gasteiger partial charge on any atom is 0.161 e. The minimum Gasteiger partial charge on any atom is -0.394 e. The smallest absolute Gasteiger partial charge is 0.161 e. The molecule has 27 heavy (non-hydrogen) atoms. The molecule has 2 aromatic heterocycles. The number of nitrogens with zero attached hydrogens (tertiary/aromatic N) is 3. The molecule has 0 bridgehead atoms. The maximum atomic E-state index is 9.56. The Balaban J connectivity index is 1.67. The van der Waals surface area contributed by atoms with Crippen LogP contribution < -0.4 is 0 Å². The van der Waals surface area contributed by atoms with Crippen molar-refractivity contribution in [2.45, 2.75) is 6.54 Å².